The molecule has 0 amide bonds. The number of carbonyl (C=O) groups is 1. The van der Waals surface area contributed by atoms with Crippen LogP contribution in [0, 0.1) is 6.92 Å². The molecule has 1 atom stereocenters. The van der Waals surface area contributed by atoms with Gasteiger partial charge in [0, 0.05) is 15.8 Å². The highest BCUT2D eigenvalue weighted by molar-refractivity contribution is 9.10. The first-order valence-corrected chi connectivity index (χ1v) is 6.55. The monoisotopic (exact) mass is 299 g/mol. The molecule has 16 heavy (non-hydrogen) atoms. The van der Waals surface area contributed by atoms with Crippen molar-refractivity contribution in [2.75, 3.05) is 5.75 Å². The van der Waals surface area contributed by atoms with E-state index in [4.69, 9.17) is 5.11 Å². The van der Waals surface area contributed by atoms with Gasteiger partial charge in [-0.15, -0.1) is 11.8 Å². The van der Waals surface area contributed by atoms with Gasteiger partial charge in [0.05, 0.1) is 5.04 Å². The van der Waals surface area contributed by atoms with Gasteiger partial charge in [-0.05, 0) is 24.6 Å². The summed E-state index contributed by atoms with van der Waals surface area (Å²) in [6, 6.07) is 5.33. The van der Waals surface area contributed by atoms with Crippen LogP contribution < -0.4 is 0 Å². The van der Waals surface area contributed by atoms with E-state index in [0.717, 1.165) is 20.6 Å². The van der Waals surface area contributed by atoms with Crippen LogP contribution in [-0.2, 0) is 4.79 Å². The summed E-state index contributed by atoms with van der Waals surface area (Å²) in [6.45, 7) is 2.00. The quantitative estimate of drug-likeness (QED) is 0.913. The van der Waals surface area contributed by atoms with Crippen LogP contribution in [0.5, 0.6) is 0 Å². The van der Waals surface area contributed by atoms with Gasteiger partial charge in [-0.1, -0.05) is 22.0 Å². The highest BCUT2D eigenvalue weighted by atomic mass is 79.9. The van der Waals surface area contributed by atoms with Crippen molar-refractivity contribution < 1.29 is 9.90 Å². The number of benzene rings is 1. The Labute approximate surface area is 106 Å². The molecule has 1 aromatic carbocycles. The minimum absolute atomic E-state index is 0.528. The van der Waals surface area contributed by atoms with E-state index < -0.39 is 12.0 Å². The summed E-state index contributed by atoms with van der Waals surface area (Å²) in [5.41, 5.74) is 2.12. The van der Waals surface area contributed by atoms with Crippen LogP contribution >= 0.6 is 27.7 Å². The summed E-state index contributed by atoms with van der Waals surface area (Å²) >= 11 is 4.93. The van der Waals surface area contributed by atoms with Crippen molar-refractivity contribution in [2.24, 2.45) is 4.99 Å². The minimum atomic E-state index is -0.851. The average molecular weight is 300 g/mol. The van der Waals surface area contributed by atoms with Gasteiger partial charge in [-0.3, -0.25) is 4.99 Å². The highest BCUT2D eigenvalue weighted by Gasteiger charge is 2.25. The summed E-state index contributed by atoms with van der Waals surface area (Å²) in [5, 5.41) is 9.67. The lowest BCUT2D eigenvalue weighted by Crippen LogP contribution is -2.17. The van der Waals surface area contributed by atoms with Gasteiger partial charge in [0.2, 0.25) is 0 Å². The molecule has 1 N–H and O–H groups in total. The van der Waals surface area contributed by atoms with E-state index in [1.54, 1.807) is 0 Å². The summed E-state index contributed by atoms with van der Waals surface area (Å²) in [6.07, 6.45) is 0. The molecule has 1 heterocycles. The first kappa shape index (κ1) is 11.7. The van der Waals surface area contributed by atoms with Gasteiger partial charge in [0.15, 0.2) is 6.04 Å². The number of halogens is 1. The highest BCUT2D eigenvalue weighted by Crippen LogP contribution is 2.26. The molecule has 1 aliphatic heterocycles. The zero-order valence-electron chi connectivity index (χ0n) is 8.61. The fraction of sp³-hybridized carbons (Fsp3) is 0.273. The number of aliphatic carboxylic acids is 1. The Morgan fingerprint density at radius 3 is 2.94 bits per heavy atom. The summed E-state index contributed by atoms with van der Waals surface area (Å²) in [4.78, 5) is 15.0. The number of thioether (sulfide) groups is 1. The normalized spacial score (nSPS) is 19.6. The number of aryl methyl sites for hydroxylation is 1. The van der Waals surface area contributed by atoms with Crippen LogP contribution in [0.25, 0.3) is 0 Å². The Kier molecular flexibility index (Phi) is 3.35. The van der Waals surface area contributed by atoms with Gasteiger partial charge in [-0.2, -0.15) is 0 Å². The molecule has 0 aliphatic carbocycles. The van der Waals surface area contributed by atoms with Crippen LogP contribution in [0.3, 0.4) is 0 Å². The van der Waals surface area contributed by atoms with Gasteiger partial charge in [0.25, 0.3) is 0 Å². The first-order valence-electron chi connectivity index (χ1n) is 4.78. The van der Waals surface area contributed by atoms with E-state index >= 15 is 0 Å². The maximum atomic E-state index is 10.8. The molecule has 0 bridgehead atoms. The second-order valence-corrected chi connectivity index (χ2v) is 5.43. The molecule has 2 rings (SSSR count). The number of hydrogen-bond acceptors (Lipinski definition) is 3. The van der Waals surface area contributed by atoms with Crippen molar-refractivity contribution in [3.8, 4) is 0 Å². The minimum Gasteiger partial charge on any atom is -0.480 e. The standard InChI is InChI=1S/C11H10BrNO2S/c1-6-4-7(2-3-8(6)12)10-13-9(5-16-10)11(14)15/h2-4,9H,5H2,1H3,(H,14,15). The Bertz CT molecular complexity index is 473. The number of rotatable bonds is 2. The van der Waals surface area contributed by atoms with Crippen LogP contribution in [0.1, 0.15) is 11.1 Å². The molecule has 3 nitrogen and oxygen atoms in total. The Morgan fingerprint density at radius 1 is 1.62 bits per heavy atom. The maximum absolute atomic E-state index is 10.8. The number of nitrogens with zero attached hydrogens (tertiary/aromatic N) is 1. The molecule has 0 saturated carbocycles. The Balaban J connectivity index is 2.29. The third-order valence-electron chi connectivity index (χ3n) is 2.34. The zero-order chi connectivity index (χ0) is 11.7. The van der Waals surface area contributed by atoms with Crippen LogP contribution in [-0.4, -0.2) is 27.9 Å². The van der Waals surface area contributed by atoms with Gasteiger partial charge in [0.1, 0.15) is 0 Å². The predicted molar refractivity (Wildman–Crippen MR) is 69.3 cm³/mol. The Hall–Kier alpha value is -0.810. The maximum Gasteiger partial charge on any atom is 0.329 e. The summed E-state index contributed by atoms with van der Waals surface area (Å²) in [7, 11) is 0. The van der Waals surface area contributed by atoms with Gasteiger partial charge in [-0.25, -0.2) is 4.79 Å². The lowest BCUT2D eigenvalue weighted by atomic mass is 10.1. The smallest absolute Gasteiger partial charge is 0.329 e. The van der Waals surface area contributed by atoms with Crippen LogP contribution in [0.4, 0.5) is 0 Å². The largest absolute Gasteiger partial charge is 0.480 e. The SMILES string of the molecule is Cc1cc(C2=NC(C(=O)O)CS2)ccc1Br. The van der Waals surface area contributed by atoms with E-state index in [2.05, 4.69) is 20.9 Å². The predicted octanol–water partition coefficient (Wildman–Crippen LogP) is 2.70. The van der Waals surface area contributed by atoms with Crippen molar-refractivity contribution in [3.05, 3.63) is 33.8 Å². The van der Waals surface area contributed by atoms with E-state index in [-0.39, 0.29) is 0 Å². The average Bonchev–Trinajstić information content (AvgIpc) is 2.71. The van der Waals surface area contributed by atoms with Crippen molar-refractivity contribution >= 4 is 38.7 Å². The van der Waals surface area contributed by atoms with Crippen molar-refractivity contribution in [3.63, 3.8) is 0 Å². The zero-order valence-corrected chi connectivity index (χ0v) is 11.0. The van der Waals surface area contributed by atoms with Crippen molar-refractivity contribution in [2.45, 2.75) is 13.0 Å². The van der Waals surface area contributed by atoms with Crippen molar-refractivity contribution in [1.29, 1.82) is 0 Å². The fourth-order valence-electron chi connectivity index (χ4n) is 1.44. The molecule has 0 fully saturated rings. The summed E-state index contributed by atoms with van der Waals surface area (Å²) in [5.74, 6) is -0.323. The fourth-order valence-corrected chi connectivity index (χ4v) is 2.71. The molecular formula is C11H10BrNO2S. The number of carboxylic acid groups (broad SMARTS) is 1. The number of carboxylic acids is 1. The lowest BCUT2D eigenvalue weighted by Gasteiger charge is -2.02. The molecule has 0 spiro atoms. The molecular weight excluding hydrogens is 290 g/mol. The third kappa shape index (κ3) is 2.30. The van der Waals surface area contributed by atoms with E-state index in [1.807, 2.05) is 25.1 Å². The van der Waals surface area contributed by atoms with E-state index in [9.17, 15) is 4.79 Å². The molecule has 0 saturated heterocycles. The Morgan fingerprint density at radius 2 is 2.38 bits per heavy atom. The number of hydrogen-bond donors (Lipinski definition) is 1. The van der Waals surface area contributed by atoms with Crippen LogP contribution in [0.15, 0.2) is 27.7 Å². The van der Waals surface area contributed by atoms with Crippen molar-refractivity contribution in [1.82, 2.24) is 0 Å². The van der Waals surface area contributed by atoms with Gasteiger partial charge < -0.3 is 5.11 Å². The topological polar surface area (TPSA) is 49.7 Å². The molecule has 0 aromatic heterocycles. The second-order valence-electron chi connectivity index (χ2n) is 3.56. The van der Waals surface area contributed by atoms with Gasteiger partial charge >= 0.3 is 5.97 Å². The molecule has 0 radical (unpaired) electrons. The van der Waals surface area contributed by atoms with E-state index in [1.165, 1.54) is 11.8 Å². The molecule has 1 unspecified atom stereocenters. The molecule has 1 aromatic rings. The summed E-state index contributed by atoms with van der Waals surface area (Å²) < 4.78 is 1.05. The number of aliphatic imine (C=N–C) groups is 1. The first-order chi connectivity index (χ1) is 7.58. The third-order valence-corrected chi connectivity index (χ3v) is 4.33. The molecule has 84 valence electrons. The lowest BCUT2D eigenvalue weighted by molar-refractivity contribution is -0.137. The molecule has 1 aliphatic rings. The van der Waals surface area contributed by atoms with Crippen LogP contribution in [0.2, 0.25) is 0 Å². The van der Waals surface area contributed by atoms with E-state index in [0.29, 0.717) is 5.75 Å². The second kappa shape index (κ2) is 4.59. The molecule has 5 heteroatoms.